The lowest BCUT2D eigenvalue weighted by Gasteiger charge is -2.35. The Balaban J connectivity index is 2.88. The molecule has 1 aromatic carbocycles. The zero-order chi connectivity index (χ0) is 16.9. The molecule has 0 saturated carbocycles. The summed E-state index contributed by atoms with van der Waals surface area (Å²) in [6.07, 6.45) is 1.01. The first kappa shape index (κ1) is 18.1. The third kappa shape index (κ3) is 4.29. The van der Waals surface area contributed by atoms with Gasteiger partial charge in [-0.25, -0.2) is 0 Å². The molecule has 5 heteroatoms. The van der Waals surface area contributed by atoms with Crippen LogP contribution in [0.25, 0.3) is 0 Å². The Morgan fingerprint density at radius 1 is 1.18 bits per heavy atom. The van der Waals surface area contributed by atoms with Crippen LogP contribution in [0.3, 0.4) is 0 Å². The van der Waals surface area contributed by atoms with Gasteiger partial charge >= 0.3 is 0 Å². The average molecular weight is 308 g/mol. The first-order valence-corrected chi connectivity index (χ1v) is 7.55. The average Bonchev–Trinajstić information content (AvgIpc) is 2.44. The van der Waals surface area contributed by atoms with Crippen molar-refractivity contribution in [3.63, 3.8) is 0 Å². The van der Waals surface area contributed by atoms with Gasteiger partial charge in [0.05, 0.1) is 19.9 Å². The van der Waals surface area contributed by atoms with Gasteiger partial charge in [-0.15, -0.1) is 0 Å². The number of hydrogen-bond acceptors (Lipinski definition) is 4. The van der Waals surface area contributed by atoms with Gasteiger partial charge in [0.15, 0.2) is 0 Å². The summed E-state index contributed by atoms with van der Waals surface area (Å²) in [5.74, 6) is 1.40. The van der Waals surface area contributed by atoms with Crippen LogP contribution in [0.4, 0.5) is 5.69 Å². The Morgan fingerprint density at radius 3 is 2.23 bits per heavy atom. The predicted octanol–water partition coefficient (Wildman–Crippen LogP) is 2.87. The second-order valence-corrected chi connectivity index (χ2v) is 6.21. The molecule has 0 fully saturated rings. The molecule has 0 bridgehead atoms. The lowest BCUT2D eigenvalue weighted by atomic mass is 10.0. The van der Waals surface area contributed by atoms with Crippen LogP contribution in [0, 0.1) is 0 Å². The van der Waals surface area contributed by atoms with Gasteiger partial charge in [0.25, 0.3) is 0 Å². The Kier molecular flexibility index (Phi) is 6.09. The van der Waals surface area contributed by atoms with E-state index in [0.29, 0.717) is 36.6 Å². The van der Waals surface area contributed by atoms with Gasteiger partial charge in [-0.05, 0) is 45.7 Å². The molecule has 0 radical (unpaired) electrons. The molecule has 0 heterocycles. The maximum Gasteiger partial charge on any atom is 0.223 e. The van der Waals surface area contributed by atoms with Crippen molar-refractivity contribution in [2.45, 2.75) is 46.1 Å². The van der Waals surface area contributed by atoms with E-state index in [1.165, 1.54) is 0 Å². The molecule has 0 spiro atoms. The largest absolute Gasteiger partial charge is 0.496 e. The van der Waals surface area contributed by atoms with Crippen molar-refractivity contribution in [1.82, 2.24) is 4.90 Å². The molecule has 0 atom stereocenters. The van der Waals surface area contributed by atoms with Gasteiger partial charge in [0, 0.05) is 24.6 Å². The highest BCUT2D eigenvalue weighted by Crippen LogP contribution is 2.31. The summed E-state index contributed by atoms with van der Waals surface area (Å²) in [6.45, 7) is 8.82. The number of nitrogens with two attached hydrogens (primary N) is 1. The van der Waals surface area contributed by atoms with Crippen LogP contribution < -0.4 is 15.2 Å². The molecule has 1 rings (SSSR count). The van der Waals surface area contributed by atoms with Gasteiger partial charge in [-0.1, -0.05) is 0 Å². The molecule has 0 saturated heterocycles. The molecule has 2 N–H and O–H groups in total. The van der Waals surface area contributed by atoms with E-state index >= 15 is 0 Å². The zero-order valence-electron chi connectivity index (χ0n) is 14.5. The second-order valence-electron chi connectivity index (χ2n) is 6.21. The normalized spacial score (nSPS) is 11.2. The quantitative estimate of drug-likeness (QED) is 0.821. The Hall–Kier alpha value is -1.91. The van der Waals surface area contributed by atoms with Crippen LogP contribution in [0.15, 0.2) is 12.1 Å². The van der Waals surface area contributed by atoms with Gasteiger partial charge in [0.2, 0.25) is 5.91 Å². The molecule has 22 heavy (non-hydrogen) atoms. The topological polar surface area (TPSA) is 64.8 Å². The predicted molar refractivity (Wildman–Crippen MR) is 89.4 cm³/mol. The number of nitrogen functional groups attached to an aromatic ring is 1. The summed E-state index contributed by atoms with van der Waals surface area (Å²) in [5.41, 5.74) is 7.24. The molecule has 1 aromatic rings. The van der Waals surface area contributed by atoms with Crippen LogP contribution in [-0.2, 0) is 11.2 Å². The minimum absolute atomic E-state index is 0.131. The van der Waals surface area contributed by atoms with E-state index in [0.717, 1.165) is 5.56 Å². The van der Waals surface area contributed by atoms with Gasteiger partial charge in [0.1, 0.15) is 11.5 Å². The van der Waals surface area contributed by atoms with Crippen LogP contribution in [0.1, 0.15) is 39.7 Å². The van der Waals surface area contributed by atoms with Crippen LogP contribution >= 0.6 is 0 Å². The van der Waals surface area contributed by atoms with Crippen LogP contribution in [-0.4, -0.2) is 37.1 Å². The van der Waals surface area contributed by atoms with Gasteiger partial charge in [-0.3, -0.25) is 4.79 Å². The zero-order valence-corrected chi connectivity index (χ0v) is 14.5. The van der Waals surface area contributed by atoms with Crippen molar-refractivity contribution in [3.8, 4) is 11.5 Å². The van der Waals surface area contributed by atoms with E-state index in [1.54, 1.807) is 20.3 Å². The first-order valence-electron chi connectivity index (χ1n) is 7.55. The third-order valence-corrected chi connectivity index (χ3v) is 3.67. The molecular weight excluding hydrogens is 280 g/mol. The highest BCUT2D eigenvalue weighted by molar-refractivity contribution is 5.77. The minimum Gasteiger partial charge on any atom is -0.496 e. The van der Waals surface area contributed by atoms with E-state index in [4.69, 9.17) is 15.2 Å². The lowest BCUT2D eigenvalue weighted by Crippen LogP contribution is -2.45. The van der Waals surface area contributed by atoms with Crippen molar-refractivity contribution in [2.24, 2.45) is 0 Å². The number of carbonyl (C=O) groups is 1. The van der Waals surface area contributed by atoms with Crippen molar-refractivity contribution >= 4 is 11.6 Å². The highest BCUT2D eigenvalue weighted by Gasteiger charge is 2.24. The molecule has 0 unspecified atom stereocenters. The molecule has 0 aliphatic rings. The number of hydrogen-bond donors (Lipinski definition) is 1. The second kappa shape index (κ2) is 7.38. The Labute approximate surface area is 133 Å². The fraction of sp³-hybridized carbons (Fsp3) is 0.588. The van der Waals surface area contributed by atoms with Gasteiger partial charge in [-0.2, -0.15) is 0 Å². The molecule has 124 valence electrons. The molecule has 0 aromatic heterocycles. The summed E-state index contributed by atoms with van der Waals surface area (Å²) in [4.78, 5) is 14.3. The fourth-order valence-electron chi connectivity index (χ4n) is 2.59. The maximum absolute atomic E-state index is 12.4. The lowest BCUT2D eigenvalue weighted by molar-refractivity contribution is -0.135. The summed E-state index contributed by atoms with van der Waals surface area (Å²) < 4.78 is 10.6. The number of rotatable bonds is 6. The minimum atomic E-state index is -0.172. The number of carbonyl (C=O) groups excluding carboxylic acids is 1. The summed E-state index contributed by atoms with van der Waals surface area (Å²) in [6, 6.07) is 3.58. The molecule has 0 aliphatic carbocycles. The van der Waals surface area contributed by atoms with Crippen molar-refractivity contribution < 1.29 is 14.3 Å². The van der Waals surface area contributed by atoms with E-state index in [9.17, 15) is 4.79 Å². The Morgan fingerprint density at radius 2 is 1.77 bits per heavy atom. The number of nitrogens with zero attached hydrogens (tertiary/aromatic N) is 1. The molecule has 5 nitrogen and oxygen atoms in total. The monoisotopic (exact) mass is 308 g/mol. The van der Waals surface area contributed by atoms with Crippen molar-refractivity contribution in [2.75, 3.05) is 26.5 Å². The maximum atomic E-state index is 12.4. The molecule has 0 aliphatic heterocycles. The number of aryl methyl sites for hydroxylation is 1. The van der Waals surface area contributed by atoms with Gasteiger partial charge < -0.3 is 20.1 Å². The van der Waals surface area contributed by atoms with E-state index in [2.05, 4.69) is 0 Å². The van der Waals surface area contributed by atoms with E-state index in [-0.39, 0.29) is 11.4 Å². The van der Waals surface area contributed by atoms with Crippen molar-refractivity contribution in [3.05, 3.63) is 17.7 Å². The van der Waals surface area contributed by atoms with Crippen LogP contribution in [0.5, 0.6) is 11.5 Å². The first-order chi connectivity index (χ1) is 10.2. The number of ether oxygens (including phenoxy) is 2. The summed E-state index contributed by atoms with van der Waals surface area (Å²) >= 11 is 0. The molecular formula is C17H28N2O3. The molecule has 1 amide bonds. The summed E-state index contributed by atoms with van der Waals surface area (Å²) in [5, 5.41) is 0. The Bertz CT molecular complexity index is 521. The number of anilines is 1. The third-order valence-electron chi connectivity index (χ3n) is 3.67. The fourth-order valence-corrected chi connectivity index (χ4v) is 2.59. The van der Waals surface area contributed by atoms with Crippen molar-refractivity contribution in [1.29, 1.82) is 0 Å². The number of amides is 1. The standard InChI is InChI=1S/C17H28N2O3/c1-7-19(17(2,3)4)16(20)9-8-12-10-13(18)15(22-6)11-14(12)21-5/h10-11H,7-9,18H2,1-6H3. The SMILES string of the molecule is CCN(C(=O)CCc1cc(N)c(OC)cc1OC)C(C)(C)C. The highest BCUT2D eigenvalue weighted by atomic mass is 16.5. The number of methoxy groups -OCH3 is 2. The summed E-state index contributed by atoms with van der Waals surface area (Å²) in [7, 11) is 3.17. The van der Waals surface area contributed by atoms with E-state index in [1.807, 2.05) is 38.7 Å². The van der Waals surface area contributed by atoms with E-state index < -0.39 is 0 Å². The number of benzene rings is 1. The van der Waals surface area contributed by atoms with Crippen LogP contribution in [0.2, 0.25) is 0 Å². The smallest absolute Gasteiger partial charge is 0.223 e.